The highest BCUT2D eigenvalue weighted by Gasteiger charge is 2.16. The van der Waals surface area contributed by atoms with Crippen LogP contribution in [0.1, 0.15) is 15.9 Å². The van der Waals surface area contributed by atoms with Gasteiger partial charge in [0.1, 0.15) is 17.3 Å². The number of halogens is 1. The van der Waals surface area contributed by atoms with Gasteiger partial charge in [-0.1, -0.05) is 0 Å². The lowest BCUT2D eigenvalue weighted by molar-refractivity contribution is 0.0992. The van der Waals surface area contributed by atoms with E-state index in [9.17, 15) is 14.0 Å². The van der Waals surface area contributed by atoms with Crippen LogP contribution in [0.2, 0.25) is 0 Å². The Hall–Kier alpha value is -4.27. The molecule has 0 aliphatic heterocycles. The first-order valence-corrected chi connectivity index (χ1v) is 9.70. The largest absolute Gasteiger partial charge is 0.453 e. The van der Waals surface area contributed by atoms with Crippen LogP contribution in [-0.2, 0) is 4.74 Å². The number of fused-ring (bicyclic) bond motifs is 1. The lowest BCUT2D eigenvalue weighted by Gasteiger charge is -2.18. The van der Waals surface area contributed by atoms with Crippen molar-refractivity contribution in [1.82, 2.24) is 14.4 Å². The molecule has 0 saturated heterocycles. The molecule has 4 aromatic rings. The normalized spacial score (nSPS) is 10.8. The molecule has 0 bridgehead atoms. The smallest absolute Gasteiger partial charge is 0.412 e. The summed E-state index contributed by atoms with van der Waals surface area (Å²) >= 11 is 0. The summed E-state index contributed by atoms with van der Waals surface area (Å²) < 4.78 is 19.9. The number of aromatic nitrogens is 3. The fourth-order valence-corrected chi connectivity index (χ4v) is 3.24. The molecule has 4 rings (SSSR count). The van der Waals surface area contributed by atoms with Gasteiger partial charge in [-0.05, 0) is 55.0 Å². The molecular weight excluding hydrogens is 413 g/mol. The number of hydrogen-bond acceptors (Lipinski definition) is 5. The summed E-state index contributed by atoms with van der Waals surface area (Å²) in [6.07, 6.45) is 4.37. The van der Waals surface area contributed by atoms with Crippen molar-refractivity contribution in [2.45, 2.75) is 6.92 Å². The van der Waals surface area contributed by atoms with Gasteiger partial charge in [0.05, 0.1) is 24.6 Å². The van der Waals surface area contributed by atoms with Gasteiger partial charge in [0, 0.05) is 30.7 Å². The summed E-state index contributed by atoms with van der Waals surface area (Å²) in [6, 6.07) is 11.4. The first kappa shape index (κ1) is 21.0. The Morgan fingerprint density at radius 1 is 1.09 bits per heavy atom. The van der Waals surface area contributed by atoms with E-state index in [0.717, 1.165) is 11.3 Å². The molecule has 32 heavy (non-hydrogen) atoms. The third-order valence-corrected chi connectivity index (χ3v) is 5.06. The van der Waals surface area contributed by atoms with Crippen LogP contribution in [-0.4, -0.2) is 40.5 Å². The van der Waals surface area contributed by atoms with Gasteiger partial charge in [-0.3, -0.25) is 14.5 Å². The van der Waals surface area contributed by atoms with Gasteiger partial charge in [-0.15, -0.1) is 0 Å². The predicted octanol–water partition coefficient (Wildman–Crippen LogP) is 4.30. The molecule has 0 fully saturated rings. The minimum absolute atomic E-state index is 0.242. The van der Waals surface area contributed by atoms with Gasteiger partial charge in [0.2, 0.25) is 0 Å². The van der Waals surface area contributed by atoms with Gasteiger partial charge in [0.15, 0.2) is 0 Å². The number of carbonyl (C=O) groups excluding carboxylic acids is 2. The predicted molar refractivity (Wildman–Crippen MR) is 118 cm³/mol. The van der Waals surface area contributed by atoms with Gasteiger partial charge in [-0.2, -0.15) is 0 Å². The Morgan fingerprint density at radius 3 is 2.59 bits per heavy atom. The number of rotatable bonds is 4. The summed E-state index contributed by atoms with van der Waals surface area (Å²) in [5.74, 6) is -0.213. The van der Waals surface area contributed by atoms with E-state index in [1.807, 2.05) is 0 Å². The first-order chi connectivity index (χ1) is 15.4. The molecule has 1 N–H and O–H groups in total. The molecule has 0 spiro atoms. The van der Waals surface area contributed by atoms with Crippen molar-refractivity contribution < 1.29 is 18.7 Å². The second-order valence-corrected chi connectivity index (χ2v) is 7.14. The number of aryl methyl sites for hydroxylation is 1. The molecule has 0 aliphatic carbocycles. The highest BCUT2D eigenvalue weighted by atomic mass is 19.1. The summed E-state index contributed by atoms with van der Waals surface area (Å²) in [4.78, 5) is 34.5. The third kappa shape index (κ3) is 4.00. The van der Waals surface area contributed by atoms with Crippen LogP contribution < -0.4 is 10.2 Å². The molecule has 0 unspecified atom stereocenters. The van der Waals surface area contributed by atoms with Gasteiger partial charge < -0.3 is 9.64 Å². The Morgan fingerprint density at radius 2 is 1.91 bits per heavy atom. The lowest BCUT2D eigenvalue weighted by atomic mass is 10.1. The van der Waals surface area contributed by atoms with Gasteiger partial charge >= 0.3 is 6.09 Å². The van der Waals surface area contributed by atoms with Gasteiger partial charge in [-0.25, -0.2) is 19.2 Å². The Labute approximate surface area is 183 Å². The highest BCUT2D eigenvalue weighted by Crippen LogP contribution is 2.23. The summed E-state index contributed by atoms with van der Waals surface area (Å²) in [5.41, 5.74) is 3.64. The van der Waals surface area contributed by atoms with Crippen molar-refractivity contribution in [3.63, 3.8) is 0 Å². The van der Waals surface area contributed by atoms with Crippen molar-refractivity contribution in [1.29, 1.82) is 0 Å². The number of anilines is 2. The number of nitrogens with one attached hydrogen (secondary N) is 1. The molecule has 8 nitrogen and oxygen atoms in total. The van der Waals surface area contributed by atoms with E-state index in [1.54, 1.807) is 73.4 Å². The number of carbonyl (C=O) groups is 2. The number of imidazole rings is 1. The minimum Gasteiger partial charge on any atom is -0.453 e. The van der Waals surface area contributed by atoms with Crippen molar-refractivity contribution in [3.05, 3.63) is 78.0 Å². The van der Waals surface area contributed by atoms with Crippen LogP contribution in [0.15, 0.2) is 61.1 Å². The maximum Gasteiger partial charge on any atom is 0.412 e. The number of ether oxygens (including phenoxy) is 1. The maximum atomic E-state index is 13.6. The van der Waals surface area contributed by atoms with E-state index in [2.05, 4.69) is 20.0 Å². The molecule has 162 valence electrons. The zero-order chi connectivity index (χ0) is 22.8. The van der Waals surface area contributed by atoms with E-state index in [-0.39, 0.29) is 11.7 Å². The van der Waals surface area contributed by atoms with E-state index in [4.69, 9.17) is 0 Å². The van der Waals surface area contributed by atoms with Crippen LogP contribution in [0.4, 0.5) is 20.7 Å². The maximum absolute atomic E-state index is 13.6. The number of amides is 2. The Balaban J connectivity index is 1.64. The second kappa shape index (κ2) is 8.46. The molecule has 0 saturated carbocycles. The number of pyridine rings is 2. The number of benzene rings is 1. The Bertz CT molecular complexity index is 1320. The fourth-order valence-electron chi connectivity index (χ4n) is 3.24. The molecular formula is C23H20FN5O3. The summed E-state index contributed by atoms with van der Waals surface area (Å²) in [5, 5.41) is 2.49. The number of hydrogen-bond donors (Lipinski definition) is 1. The number of nitrogens with zero attached hydrogens (tertiary/aromatic N) is 4. The second-order valence-electron chi connectivity index (χ2n) is 7.14. The third-order valence-electron chi connectivity index (χ3n) is 5.06. The molecule has 3 aromatic heterocycles. The van der Waals surface area contributed by atoms with Crippen LogP contribution in [0.3, 0.4) is 0 Å². The standard InChI is InChI=1S/C23H20FN5O3/c1-14-10-17(6-7-18(14)24)28(2)22(30)16-5-9-21-26-12-19(29(21)13-16)15-4-8-20(25-11-15)27-23(31)32-3/h4-13H,1-3H3,(H,25,27,31). The first-order valence-electron chi connectivity index (χ1n) is 9.70. The van der Waals surface area contributed by atoms with Crippen LogP contribution in [0.5, 0.6) is 0 Å². The lowest BCUT2D eigenvalue weighted by Crippen LogP contribution is -2.26. The highest BCUT2D eigenvalue weighted by molar-refractivity contribution is 6.05. The van der Waals surface area contributed by atoms with Crippen LogP contribution in [0, 0.1) is 12.7 Å². The minimum atomic E-state index is -0.608. The summed E-state index contributed by atoms with van der Waals surface area (Å²) in [6.45, 7) is 1.65. The van der Waals surface area contributed by atoms with Gasteiger partial charge in [0.25, 0.3) is 5.91 Å². The van der Waals surface area contributed by atoms with E-state index in [0.29, 0.717) is 28.3 Å². The molecule has 0 aliphatic rings. The van der Waals surface area contributed by atoms with Crippen molar-refractivity contribution in [2.24, 2.45) is 0 Å². The zero-order valence-electron chi connectivity index (χ0n) is 17.7. The zero-order valence-corrected chi connectivity index (χ0v) is 17.7. The molecule has 2 amide bonds. The van der Waals surface area contributed by atoms with Crippen LogP contribution >= 0.6 is 0 Å². The Kier molecular flexibility index (Phi) is 5.55. The van der Waals surface area contributed by atoms with E-state index in [1.165, 1.54) is 18.1 Å². The quantitative estimate of drug-likeness (QED) is 0.518. The molecule has 0 radical (unpaired) electrons. The molecule has 1 aromatic carbocycles. The summed E-state index contributed by atoms with van der Waals surface area (Å²) in [7, 11) is 2.92. The molecule has 0 atom stereocenters. The monoisotopic (exact) mass is 433 g/mol. The van der Waals surface area contributed by atoms with E-state index >= 15 is 0 Å². The number of methoxy groups -OCH3 is 1. The average molecular weight is 433 g/mol. The van der Waals surface area contributed by atoms with Crippen molar-refractivity contribution >= 4 is 29.2 Å². The van der Waals surface area contributed by atoms with E-state index < -0.39 is 6.09 Å². The fraction of sp³-hybridized carbons (Fsp3) is 0.130. The van der Waals surface area contributed by atoms with Crippen molar-refractivity contribution in [3.8, 4) is 11.3 Å². The molecule has 3 heterocycles. The molecule has 9 heteroatoms. The van der Waals surface area contributed by atoms with Crippen LogP contribution in [0.25, 0.3) is 16.9 Å². The van der Waals surface area contributed by atoms with Crippen molar-refractivity contribution in [2.75, 3.05) is 24.4 Å². The SMILES string of the molecule is COC(=O)Nc1ccc(-c2cnc3ccc(C(=O)N(C)c4ccc(F)c(C)c4)cn23)cn1. The topological polar surface area (TPSA) is 88.8 Å². The average Bonchev–Trinajstić information content (AvgIpc) is 3.23.